The van der Waals surface area contributed by atoms with Crippen LogP contribution in [-0.2, 0) is 0 Å². The lowest BCUT2D eigenvalue weighted by atomic mass is 10.1. The number of nitrogens with two attached hydrogens (primary N) is 1. The summed E-state index contributed by atoms with van der Waals surface area (Å²) in [5.74, 6) is 0.503. The van der Waals surface area contributed by atoms with E-state index < -0.39 is 0 Å². The van der Waals surface area contributed by atoms with Crippen LogP contribution in [0.1, 0.15) is 13.3 Å². The molecule has 0 saturated heterocycles. The van der Waals surface area contributed by atoms with Crippen molar-refractivity contribution in [2.24, 2.45) is 10.7 Å². The SMILES string of the molecule is C=CCNC(N)=NCCN1CC=C(C)CC1. The van der Waals surface area contributed by atoms with Crippen LogP contribution in [0.5, 0.6) is 0 Å². The largest absolute Gasteiger partial charge is 0.370 e. The molecule has 0 bridgehead atoms. The molecule has 1 aliphatic heterocycles. The van der Waals surface area contributed by atoms with Crippen molar-refractivity contribution in [2.45, 2.75) is 13.3 Å². The number of aliphatic imine (C=N–C) groups is 1. The van der Waals surface area contributed by atoms with Gasteiger partial charge < -0.3 is 11.1 Å². The number of nitrogens with zero attached hydrogens (tertiary/aromatic N) is 2. The van der Waals surface area contributed by atoms with Crippen LogP contribution in [0, 0.1) is 0 Å². The Labute approximate surface area is 97.9 Å². The molecule has 0 spiro atoms. The highest BCUT2D eigenvalue weighted by Crippen LogP contribution is 2.08. The van der Waals surface area contributed by atoms with Crippen molar-refractivity contribution < 1.29 is 0 Å². The van der Waals surface area contributed by atoms with Crippen LogP contribution in [0.15, 0.2) is 29.3 Å². The van der Waals surface area contributed by atoms with Crippen molar-refractivity contribution in [3.05, 3.63) is 24.3 Å². The average molecular weight is 222 g/mol. The molecule has 0 atom stereocenters. The van der Waals surface area contributed by atoms with Gasteiger partial charge in [-0.15, -0.1) is 6.58 Å². The van der Waals surface area contributed by atoms with Crippen LogP contribution in [0.3, 0.4) is 0 Å². The second-order valence-corrected chi connectivity index (χ2v) is 4.04. The van der Waals surface area contributed by atoms with Crippen LogP contribution in [0.2, 0.25) is 0 Å². The Balaban J connectivity index is 2.17. The number of guanidine groups is 1. The van der Waals surface area contributed by atoms with E-state index in [1.54, 1.807) is 6.08 Å². The molecule has 0 fully saturated rings. The first-order chi connectivity index (χ1) is 7.72. The van der Waals surface area contributed by atoms with E-state index in [9.17, 15) is 0 Å². The lowest BCUT2D eigenvalue weighted by Crippen LogP contribution is -2.34. The monoisotopic (exact) mass is 222 g/mol. The molecule has 90 valence electrons. The molecule has 4 nitrogen and oxygen atoms in total. The molecule has 1 heterocycles. The number of hydrogen-bond donors (Lipinski definition) is 2. The van der Waals surface area contributed by atoms with E-state index in [0.717, 1.165) is 26.2 Å². The minimum atomic E-state index is 0.503. The highest BCUT2D eigenvalue weighted by Gasteiger charge is 2.07. The standard InChI is InChI=1S/C12H22N4/c1-3-6-14-12(13)15-7-10-16-8-4-11(2)5-9-16/h3-4H,1,5-10H2,2H3,(H3,13,14,15). The smallest absolute Gasteiger partial charge is 0.188 e. The Hall–Kier alpha value is -1.29. The molecule has 1 rings (SSSR count). The van der Waals surface area contributed by atoms with Crippen molar-refractivity contribution in [3.63, 3.8) is 0 Å². The molecular formula is C12H22N4. The third kappa shape index (κ3) is 4.98. The van der Waals surface area contributed by atoms with Crippen LogP contribution >= 0.6 is 0 Å². The fourth-order valence-corrected chi connectivity index (χ4v) is 1.56. The van der Waals surface area contributed by atoms with Crippen LogP contribution in [0.25, 0.3) is 0 Å². The summed E-state index contributed by atoms with van der Waals surface area (Å²) in [4.78, 5) is 6.63. The van der Waals surface area contributed by atoms with E-state index in [4.69, 9.17) is 5.73 Å². The molecule has 0 amide bonds. The lowest BCUT2D eigenvalue weighted by molar-refractivity contribution is 0.302. The fourth-order valence-electron chi connectivity index (χ4n) is 1.56. The van der Waals surface area contributed by atoms with Gasteiger partial charge in [0.2, 0.25) is 0 Å². The van der Waals surface area contributed by atoms with Crippen LogP contribution < -0.4 is 11.1 Å². The topological polar surface area (TPSA) is 53.6 Å². The Bertz CT molecular complexity index is 281. The second kappa shape index (κ2) is 7.06. The Morgan fingerprint density at radius 2 is 2.56 bits per heavy atom. The van der Waals surface area contributed by atoms with Crippen LogP contribution in [0.4, 0.5) is 0 Å². The summed E-state index contributed by atoms with van der Waals surface area (Å²) >= 11 is 0. The predicted molar refractivity (Wildman–Crippen MR) is 69.5 cm³/mol. The van der Waals surface area contributed by atoms with Crippen molar-refractivity contribution in [3.8, 4) is 0 Å². The Kier molecular flexibility index (Phi) is 5.64. The molecule has 0 radical (unpaired) electrons. The van der Waals surface area contributed by atoms with E-state index in [1.165, 1.54) is 12.0 Å². The van der Waals surface area contributed by atoms with Gasteiger partial charge in [0, 0.05) is 26.2 Å². The Morgan fingerprint density at radius 3 is 3.19 bits per heavy atom. The fraction of sp³-hybridized carbons (Fsp3) is 0.583. The zero-order valence-electron chi connectivity index (χ0n) is 10.1. The molecule has 0 aromatic heterocycles. The second-order valence-electron chi connectivity index (χ2n) is 4.04. The quantitative estimate of drug-likeness (QED) is 0.409. The summed E-state index contributed by atoms with van der Waals surface area (Å²) in [6, 6.07) is 0. The van der Waals surface area contributed by atoms with Gasteiger partial charge in [-0.3, -0.25) is 9.89 Å². The average Bonchev–Trinajstić information content (AvgIpc) is 2.29. The first-order valence-corrected chi connectivity index (χ1v) is 5.75. The zero-order valence-corrected chi connectivity index (χ0v) is 10.1. The maximum Gasteiger partial charge on any atom is 0.188 e. The predicted octanol–water partition coefficient (Wildman–Crippen LogP) is 0.729. The summed E-state index contributed by atoms with van der Waals surface area (Å²) < 4.78 is 0. The Morgan fingerprint density at radius 1 is 1.75 bits per heavy atom. The summed E-state index contributed by atoms with van der Waals surface area (Å²) in [6.45, 7) is 10.4. The first kappa shape index (κ1) is 12.8. The van der Waals surface area contributed by atoms with E-state index in [1.807, 2.05) is 0 Å². The maximum atomic E-state index is 5.66. The number of rotatable bonds is 5. The van der Waals surface area contributed by atoms with Crippen molar-refractivity contribution >= 4 is 5.96 Å². The van der Waals surface area contributed by atoms with Gasteiger partial charge in [-0.05, 0) is 13.3 Å². The lowest BCUT2D eigenvalue weighted by Gasteiger charge is -2.24. The minimum absolute atomic E-state index is 0.503. The maximum absolute atomic E-state index is 5.66. The third-order valence-corrected chi connectivity index (χ3v) is 2.65. The summed E-state index contributed by atoms with van der Waals surface area (Å²) in [6.07, 6.45) is 5.22. The van der Waals surface area contributed by atoms with Gasteiger partial charge in [-0.1, -0.05) is 17.7 Å². The molecule has 0 aromatic carbocycles. The summed E-state index contributed by atoms with van der Waals surface area (Å²) in [5.41, 5.74) is 7.15. The van der Waals surface area contributed by atoms with Gasteiger partial charge in [-0.25, -0.2) is 0 Å². The first-order valence-electron chi connectivity index (χ1n) is 5.75. The number of hydrogen-bond acceptors (Lipinski definition) is 2. The zero-order chi connectivity index (χ0) is 11.8. The van der Waals surface area contributed by atoms with Crippen molar-refractivity contribution in [2.75, 3.05) is 32.7 Å². The van der Waals surface area contributed by atoms with E-state index in [0.29, 0.717) is 12.5 Å². The molecule has 3 N–H and O–H groups in total. The molecule has 1 aliphatic rings. The third-order valence-electron chi connectivity index (χ3n) is 2.65. The van der Waals surface area contributed by atoms with E-state index in [2.05, 4.69) is 34.8 Å². The molecule has 4 heteroatoms. The highest BCUT2D eigenvalue weighted by atomic mass is 15.1. The minimum Gasteiger partial charge on any atom is -0.370 e. The highest BCUT2D eigenvalue weighted by molar-refractivity contribution is 5.77. The summed E-state index contributed by atoms with van der Waals surface area (Å²) in [7, 11) is 0. The van der Waals surface area contributed by atoms with Gasteiger partial charge >= 0.3 is 0 Å². The van der Waals surface area contributed by atoms with Crippen molar-refractivity contribution in [1.29, 1.82) is 0 Å². The van der Waals surface area contributed by atoms with Gasteiger partial charge in [-0.2, -0.15) is 0 Å². The number of nitrogens with one attached hydrogen (secondary N) is 1. The van der Waals surface area contributed by atoms with Gasteiger partial charge in [0.15, 0.2) is 5.96 Å². The van der Waals surface area contributed by atoms with Gasteiger partial charge in [0.05, 0.1) is 6.54 Å². The summed E-state index contributed by atoms with van der Waals surface area (Å²) in [5, 5.41) is 2.96. The van der Waals surface area contributed by atoms with Crippen molar-refractivity contribution in [1.82, 2.24) is 10.2 Å². The molecule has 0 aliphatic carbocycles. The molecule has 0 aromatic rings. The molecule has 16 heavy (non-hydrogen) atoms. The molecule has 0 saturated carbocycles. The molecular weight excluding hydrogens is 200 g/mol. The van der Waals surface area contributed by atoms with Crippen LogP contribution in [-0.4, -0.2) is 43.6 Å². The van der Waals surface area contributed by atoms with Gasteiger partial charge in [0.25, 0.3) is 0 Å². The van der Waals surface area contributed by atoms with E-state index in [-0.39, 0.29) is 0 Å². The van der Waals surface area contributed by atoms with E-state index >= 15 is 0 Å². The normalized spacial score (nSPS) is 18.1. The van der Waals surface area contributed by atoms with Gasteiger partial charge in [0.1, 0.15) is 0 Å². The molecule has 0 unspecified atom stereocenters.